The van der Waals surface area contributed by atoms with E-state index in [1.54, 1.807) is 6.20 Å². The Labute approximate surface area is 172 Å². The van der Waals surface area contributed by atoms with Crippen LogP contribution in [0, 0.1) is 0 Å². The molecule has 4 rings (SSSR count). The Hall–Kier alpha value is -3.33. The van der Waals surface area contributed by atoms with Crippen molar-refractivity contribution in [3.8, 4) is 0 Å². The number of hydrogen-bond acceptors (Lipinski definition) is 6. The lowest BCUT2D eigenvalue weighted by Gasteiger charge is -2.09. The molecule has 0 aliphatic heterocycles. The molecule has 148 valence electrons. The normalized spacial score (nSPS) is 11.2. The van der Waals surface area contributed by atoms with Gasteiger partial charge in [-0.2, -0.15) is 5.10 Å². The minimum Gasteiger partial charge on any atom is -0.326 e. The van der Waals surface area contributed by atoms with Gasteiger partial charge in [0.1, 0.15) is 10.7 Å². The Morgan fingerprint density at radius 1 is 1.21 bits per heavy atom. The van der Waals surface area contributed by atoms with E-state index in [9.17, 15) is 4.79 Å². The molecule has 3 N–H and O–H groups in total. The van der Waals surface area contributed by atoms with Gasteiger partial charge in [0.2, 0.25) is 11.9 Å². The number of aromatic amines is 1. The van der Waals surface area contributed by atoms with Crippen LogP contribution in [0.3, 0.4) is 0 Å². The number of carbonyl (C=O) groups is 1. The standard InChI is InChI=1S/C20H21N7OS/c1-12(2)16-10-17(26-25-16)23-20-24-19(11-18-21-8-9-27(18)20)29-15-6-4-14(5-7-15)22-13(3)28/h4-12H,1-3H3,(H,22,28)(H2,23,24,25,26). The molecule has 0 bridgehead atoms. The van der Waals surface area contributed by atoms with E-state index < -0.39 is 0 Å². The van der Waals surface area contributed by atoms with Crippen LogP contribution in [0.4, 0.5) is 17.5 Å². The van der Waals surface area contributed by atoms with Gasteiger partial charge in [-0.05, 0) is 30.2 Å². The number of anilines is 3. The van der Waals surface area contributed by atoms with Crippen molar-refractivity contribution < 1.29 is 4.79 Å². The molecule has 0 aliphatic carbocycles. The lowest BCUT2D eigenvalue weighted by atomic mass is 10.1. The van der Waals surface area contributed by atoms with E-state index in [0.717, 1.165) is 26.9 Å². The molecule has 0 radical (unpaired) electrons. The molecular formula is C20H21N7OS. The summed E-state index contributed by atoms with van der Waals surface area (Å²) in [4.78, 5) is 21.3. The number of hydrogen-bond donors (Lipinski definition) is 3. The molecule has 1 aromatic carbocycles. The summed E-state index contributed by atoms with van der Waals surface area (Å²) in [6, 6.07) is 11.5. The van der Waals surface area contributed by atoms with Gasteiger partial charge in [-0.3, -0.25) is 14.3 Å². The quantitative estimate of drug-likeness (QED) is 0.409. The van der Waals surface area contributed by atoms with E-state index in [4.69, 9.17) is 4.98 Å². The third-order valence-electron chi connectivity index (χ3n) is 4.22. The third kappa shape index (κ3) is 4.40. The van der Waals surface area contributed by atoms with Crippen molar-refractivity contribution in [1.82, 2.24) is 24.6 Å². The highest BCUT2D eigenvalue weighted by molar-refractivity contribution is 7.99. The first-order valence-corrected chi connectivity index (χ1v) is 10.0. The van der Waals surface area contributed by atoms with E-state index in [1.165, 1.54) is 18.7 Å². The molecule has 0 spiro atoms. The predicted octanol–water partition coefficient (Wildman–Crippen LogP) is 4.43. The second kappa shape index (κ2) is 7.96. The van der Waals surface area contributed by atoms with Crippen molar-refractivity contribution in [2.24, 2.45) is 0 Å². The van der Waals surface area contributed by atoms with Gasteiger partial charge in [-0.25, -0.2) is 9.97 Å². The molecular weight excluding hydrogens is 386 g/mol. The van der Waals surface area contributed by atoms with Crippen LogP contribution in [0.2, 0.25) is 0 Å². The lowest BCUT2D eigenvalue weighted by Crippen LogP contribution is -2.05. The van der Waals surface area contributed by atoms with Crippen LogP contribution in [-0.4, -0.2) is 30.5 Å². The average Bonchev–Trinajstić information content (AvgIpc) is 3.32. The molecule has 0 saturated carbocycles. The summed E-state index contributed by atoms with van der Waals surface area (Å²) in [7, 11) is 0. The molecule has 29 heavy (non-hydrogen) atoms. The summed E-state index contributed by atoms with van der Waals surface area (Å²) in [6.07, 6.45) is 3.60. The van der Waals surface area contributed by atoms with Crippen molar-refractivity contribution in [2.75, 3.05) is 10.6 Å². The summed E-state index contributed by atoms with van der Waals surface area (Å²) < 4.78 is 1.88. The number of rotatable bonds is 6. The van der Waals surface area contributed by atoms with Crippen molar-refractivity contribution >= 4 is 40.8 Å². The van der Waals surface area contributed by atoms with Crippen LogP contribution >= 0.6 is 11.8 Å². The van der Waals surface area contributed by atoms with Crippen LogP contribution in [0.15, 0.2) is 58.7 Å². The predicted molar refractivity (Wildman–Crippen MR) is 114 cm³/mol. The largest absolute Gasteiger partial charge is 0.326 e. The molecule has 9 heteroatoms. The minimum absolute atomic E-state index is 0.0912. The van der Waals surface area contributed by atoms with Crippen molar-refractivity contribution in [2.45, 2.75) is 36.6 Å². The highest BCUT2D eigenvalue weighted by atomic mass is 32.2. The molecule has 3 heterocycles. The van der Waals surface area contributed by atoms with E-state index >= 15 is 0 Å². The van der Waals surface area contributed by atoms with Gasteiger partial charge in [0, 0.05) is 47.7 Å². The topological polar surface area (TPSA) is 100 Å². The maximum Gasteiger partial charge on any atom is 0.221 e. The Morgan fingerprint density at radius 2 is 2.00 bits per heavy atom. The van der Waals surface area contributed by atoms with Gasteiger partial charge >= 0.3 is 0 Å². The fourth-order valence-electron chi connectivity index (χ4n) is 2.78. The number of nitrogens with one attached hydrogen (secondary N) is 3. The monoisotopic (exact) mass is 407 g/mol. The Morgan fingerprint density at radius 3 is 2.69 bits per heavy atom. The van der Waals surface area contributed by atoms with Crippen molar-refractivity contribution in [1.29, 1.82) is 0 Å². The Balaban J connectivity index is 1.59. The second-order valence-electron chi connectivity index (χ2n) is 6.87. The van der Waals surface area contributed by atoms with Gasteiger partial charge < -0.3 is 10.6 Å². The highest BCUT2D eigenvalue weighted by Gasteiger charge is 2.11. The number of fused-ring (bicyclic) bond motifs is 1. The number of nitrogens with zero attached hydrogens (tertiary/aromatic N) is 4. The highest BCUT2D eigenvalue weighted by Crippen LogP contribution is 2.30. The van der Waals surface area contributed by atoms with Gasteiger partial charge in [-0.1, -0.05) is 25.6 Å². The smallest absolute Gasteiger partial charge is 0.221 e. The molecule has 4 aromatic rings. The molecule has 0 atom stereocenters. The zero-order chi connectivity index (χ0) is 20.4. The number of carbonyl (C=O) groups excluding carboxylic acids is 1. The fraction of sp³-hybridized carbons (Fsp3) is 0.200. The van der Waals surface area contributed by atoms with Gasteiger partial charge in [0.05, 0.1) is 0 Å². The second-order valence-corrected chi connectivity index (χ2v) is 7.96. The molecule has 1 amide bonds. The fourth-order valence-corrected chi connectivity index (χ4v) is 3.59. The van der Waals surface area contributed by atoms with Crippen LogP contribution in [0.25, 0.3) is 5.65 Å². The zero-order valence-corrected chi connectivity index (χ0v) is 17.1. The van der Waals surface area contributed by atoms with E-state index in [0.29, 0.717) is 17.7 Å². The zero-order valence-electron chi connectivity index (χ0n) is 16.3. The maximum atomic E-state index is 11.2. The average molecular weight is 408 g/mol. The Bertz CT molecular complexity index is 1150. The number of benzene rings is 1. The molecule has 0 unspecified atom stereocenters. The minimum atomic E-state index is -0.0912. The first kappa shape index (κ1) is 19.0. The lowest BCUT2D eigenvalue weighted by molar-refractivity contribution is -0.114. The first-order chi connectivity index (χ1) is 14.0. The van der Waals surface area contributed by atoms with Gasteiger partial charge in [0.15, 0.2) is 5.82 Å². The van der Waals surface area contributed by atoms with E-state index in [1.807, 2.05) is 47.0 Å². The van der Waals surface area contributed by atoms with Crippen molar-refractivity contribution in [3.05, 3.63) is 54.5 Å². The van der Waals surface area contributed by atoms with Crippen molar-refractivity contribution in [3.63, 3.8) is 0 Å². The summed E-state index contributed by atoms with van der Waals surface area (Å²) in [5.74, 6) is 1.62. The molecule has 3 aromatic heterocycles. The van der Waals surface area contributed by atoms with E-state index in [2.05, 4.69) is 39.7 Å². The SMILES string of the molecule is CC(=O)Nc1ccc(Sc2cc3nccn3c(Nc3cc(C(C)C)[nH]n3)n2)cc1. The molecule has 0 saturated heterocycles. The molecule has 0 fully saturated rings. The van der Waals surface area contributed by atoms with E-state index in [-0.39, 0.29) is 5.91 Å². The number of H-pyrrole nitrogens is 1. The first-order valence-electron chi connectivity index (χ1n) is 9.20. The Kier molecular flexibility index (Phi) is 5.22. The number of aromatic nitrogens is 5. The van der Waals surface area contributed by atoms with Crippen LogP contribution in [0.5, 0.6) is 0 Å². The number of amides is 1. The summed E-state index contributed by atoms with van der Waals surface area (Å²) in [5.41, 5.74) is 2.61. The maximum absolute atomic E-state index is 11.2. The summed E-state index contributed by atoms with van der Waals surface area (Å²) >= 11 is 1.52. The van der Waals surface area contributed by atoms with Crippen LogP contribution in [0.1, 0.15) is 32.4 Å². The molecule has 8 nitrogen and oxygen atoms in total. The summed E-state index contributed by atoms with van der Waals surface area (Å²) in [6.45, 7) is 5.71. The van der Waals surface area contributed by atoms with Crippen LogP contribution in [-0.2, 0) is 4.79 Å². The van der Waals surface area contributed by atoms with Gasteiger partial charge in [0.25, 0.3) is 0 Å². The molecule has 0 aliphatic rings. The third-order valence-corrected chi connectivity index (χ3v) is 5.15. The number of imidazole rings is 1. The van der Waals surface area contributed by atoms with Gasteiger partial charge in [-0.15, -0.1) is 0 Å². The summed E-state index contributed by atoms with van der Waals surface area (Å²) in [5, 5.41) is 14.2. The van der Waals surface area contributed by atoms with Crippen LogP contribution < -0.4 is 10.6 Å².